The van der Waals surface area contributed by atoms with Crippen molar-refractivity contribution in [2.24, 2.45) is 0 Å². The summed E-state index contributed by atoms with van der Waals surface area (Å²) >= 11 is 0. The molecule has 0 bridgehead atoms. The van der Waals surface area contributed by atoms with Gasteiger partial charge in [-0.15, -0.1) is 0 Å². The van der Waals surface area contributed by atoms with E-state index in [2.05, 4.69) is 0 Å². The van der Waals surface area contributed by atoms with Crippen molar-refractivity contribution >= 4 is 5.91 Å². The van der Waals surface area contributed by atoms with Gasteiger partial charge in [-0.2, -0.15) is 0 Å². The SMILES string of the molecule is COc1cccc([C@@H]2C[C@@H](O)CN2C(=O)c2cccc(F)c2)c1. The first-order chi connectivity index (χ1) is 11.1. The van der Waals surface area contributed by atoms with Crippen LogP contribution in [0.4, 0.5) is 4.39 Å². The molecule has 0 aromatic heterocycles. The summed E-state index contributed by atoms with van der Waals surface area (Å²) in [7, 11) is 1.58. The zero-order valence-electron chi connectivity index (χ0n) is 12.8. The van der Waals surface area contributed by atoms with Crippen LogP contribution in [0.3, 0.4) is 0 Å². The number of halogens is 1. The molecule has 1 saturated heterocycles. The number of amides is 1. The Hall–Kier alpha value is -2.40. The van der Waals surface area contributed by atoms with E-state index in [1.165, 1.54) is 18.2 Å². The number of ether oxygens (including phenoxy) is 1. The summed E-state index contributed by atoms with van der Waals surface area (Å²) in [6.45, 7) is 0.233. The summed E-state index contributed by atoms with van der Waals surface area (Å²) in [5.74, 6) is -0.0376. The quantitative estimate of drug-likeness (QED) is 0.947. The van der Waals surface area contributed by atoms with E-state index >= 15 is 0 Å². The number of likely N-dealkylation sites (tertiary alicyclic amines) is 1. The molecule has 0 unspecified atom stereocenters. The normalized spacial score (nSPS) is 20.6. The van der Waals surface area contributed by atoms with Gasteiger partial charge in [0.05, 0.1) is 19.3 Å². The maximum absolute atomic E-state index is 13.4. The van der Waals surface area contributed by atoms with Gasteiger partial charge in [-0.1, -0.05) is 18.2 Å². The Morgan fingerprint density at radius 2 is 2.04 bits per heavy atom. The highest BCUT2D eigenvalue weighted by atomic mass is 19.1. The van der Waals surface area contributed by atoms with Crippen molar-refractivity contribution in [1.29, 1.82) is 0 Å². The van der Waals surface area contributed by atoms with Crippen LogP contribution in [0.15, 0.2) is 48.5 Å². The monoisotopic (exact) mass is 315 g/mol. The molecule has 23 heavy (non-hydrogen) atoms. The van der Waals surface area contributed by atoms with Crippen LogP contribution in [0.25, 0.3) is 0 Å². The first kappa shape index (κ1) is 15.5. The second-order valence-electron chi connectivity index (χ2n) is 5.65. The average Bonchev–Trinajstić information content (AvgIpc) is 2.96. The van der Waals surface area contributed by atoms with E-state index in [0.717, 1.165) is 5.56 Å². The molecule has 3 rings (SSSR count). The Kier molecular flexibility index (Phi) is 4.30. The number of aliphatic hydroxyl groups excluding tert-OH is 1. The van der Waals surface area contributed by atoms with E-state index in [4.69, 9.17) is 4.74 Å². The van der Waals surface area contributed by atoms with Crippen LogP contribution in [0.2, 0.25) is 0 Å². The fourth-order valence-corrected chi connectivity index (χ4v) is 2.99. The lowest BCUT2D eigenvalue weighted by molar-refractivity contribution is 0.0715. The molecular formula is C18H18FNO3. The molecule has 120 valence electrons. The van der Waals surface area contributed by atoms with Gasteiger partial charge in [0, 0.05) is 12.1 Å². The summed E-state index contributed by atoms with van der Waals surface area (Å²) in [6.07, 6.45) is -0.141. The Bertz CT molecular complexity index is 719. The first-order valence-corrected chi connectivity index (χ1v) is 7.47. The number of benzene rings is 2. The second kappa shape index (κ2) is 6.38. The lowest BCUT2D eigenvalue weighted by Gasteiger charge is -2.25. The molecule has 0 spiro atoms. The van der Waals surface area contributed by atoms with Crippen molar-refractivity contribution in [2.75, 3.05) is 13.7 Å². The maximum Gasteiger partial charge on any atom is 0.254 e. The number of hydrogen-bond acceptors (Lipinski definition) is 3. The molecule has 1 aliphatic heterocycles. The highest BCUT2D eigenvalue weighted by molar-refractivity contribution is 5.94. The molecule has 2 aromatic rings. The lowest BCUT2D eigenvalue weighted by Crippen LogP contribution is -2.31. The van der Waals surface area contributed by atoms with E-state index in [0.29, 0.717) is 12.2 Å². The zero-order chi connectivity index (χ0) is 16.4. The van der Waals surface area contributed by atoms with Crippen LogP contribution in [-0.4, -0.2) is 35.7 Å². The Balaban J connectivity index is 1.91. The fourth-order valence-electron chi connectivity index (χ4n) is 2.99. The van der Waals surface area contributed by atoms with Crippen LogP contribution >= 0.6 is 0 Å². The minimum atomic E-state index is -0.594. The summed E-state index contributed by atoms with van der Waals surface area (Å²) in [5, 5.41) is 10.0. The minimum absolute atomic E-state index is 0.233. The van der Waals surface area contributed by atoms with Crippen LogP contribution in [0.5, 0.6) is 5.75 Å². The van der Waals surface area contributed by atoms with Crippen LogP contribution in [0, 0.1) is 5.82 Å². The number of methoxy groups -OCH3 is 1. The molecule has 4 nitrogen and oxygen atoms in total. The zero-order valence-corrected chi connectivity index (χ0v) is 12.8. The van der Waals surface area contributed by atoms with Gasteiger partial charge in [-0.25, -0.2) is 4.39 Å². The lowest BCUT2D eigenvalue weighted by atomic mass is 10.0. The molecule has 2 atom stereocenters. The van der Waals surface area contributed by atoms with Crippen molar-refractivity contribution in [1.82, 2.24) is 4.90 Å². The number of aliphatic hydroxyl groups is 1. The number of rotatable bonds is 3. The van der Waals surface area contributed by atoms with Crippen molar-refractivity contribution in [2.45, 2.75) is 18.6 Å². The third-order valence-electron chi connectivity index (χ3n) is 4.09. The minimum Gasteiger partial charge on any atom is -0.497 e. The highest BCUT2D eigenvalue weighted by Crippen LogP contribution is 2.34. The van der Waals surface area contributed by atoms with E-state index in [9.17, 15) is 14.3 Å². The van der Waals surface area contributed by atoms with Gasteiger partial charge in [0.2, 0.25) is 0 Å². The molecule has 1 amide bonds. The van der Waals surface area contributed by atoms with Crippen LogP contribution in [0.1, 0.15) is 28.4 Å². The van der Waals surface area contributed by atoms with E-state index in [1.54, 1.807) is 18.1 Å². The number of carbonyl (C=O) groups is 1. The van der Waals surface area contributed by atoms with Crippen molar-refractivity contribution in [3.63, 3.8) is 0 Å². The van der Waals surface area contributed by atoms with Gasteiger partial charge in [-0.3, -0.25) is 4.79 Å². The number of nitrogens with zero attached hydrogens (tertiary/aromatic N) is 1. The van der Waals surface area contributed by atoms with Crippen LogP contribution < -0.4 is 4.74 Å². The third-order valence-corrected chi connectivity index (χ3v) is 4.09. The highest BCUT2D eigenvalue weighted by Gasteiger charge is 2.35. The van der Waals surface area contributed by atoms with E-state index in [1.807, 2.05) is 24.3 Å². The van der Waals surface area contributed by atoms with Crippen molar-refractivity contribution in [3.8, 4) is 5.75 Å². The second-order valence-corrected chi connectivity index (χ2v) is 5.65. The molecule has 1 heterocycles. The van der Waals surface area contributed by atoms with E-state index in [-0.39, 0.29) is 24.1 Å². The molecule has 1 fully saturated rings. The van der Waals surface area contributed by atoms with Gasteiger partial charge < -0.3 is 14.7 Å². The predicted octanol–water partition coefficient (Wildman–Crippen LogP) is 2.78. The molecular weight excluding hydrogens is 297 g/mol. The van der Waals surface area contributed by atoms with Gasteiger partial charge in [-0.05, 0) is 42.3 Å². The largest absolute Gasteiger partial charge is 0.497 e. The summed E-state index contributed by atoms with van der Waals surface area (Å²) in [4.78, 5) is 14.3. The average molecular weight is 315 g/mol. The van der Waals surface area contributed by atoms with Crippen LogP contribution in [-0.2, 0) is 0 Å². The predicted molar refractivity (Wildman–Crippen MR) is 83.8 cm³/mol. The van der Waals surface area contributed by atoms with Gasteiger partial charge in [0.25, 0.3) is 5.91 Å². The number of β-amino-alcohol motifs (C(OH)–C–C–N with tert-alkyl or cyclic N) is 1. The van der Waals surface area contributed by atoms with Gasteiger partial charge >= 0.3 is 0 Å². The first-order valence-electron chi connectivity index (χ1n) is 7.47. The molecule has 2 aromatic carbocycles. The Labute approximate surface area is 134 Å². The molecule has 0 radical (unpaired) electrons. The smallest absolute Gasteiger partial charge is 0.254 e. The topological polar surface area (TPSA) is 49.8 Å². The maximum atomic E-state index is 13.4. The summed E-state index contributed by atoms with van der Waals surface area (Å²) in [5.41, 5.74) is 1.18. The Morgan fingerprint density at radius 1 is 1.26 bits per heavy atom. The molecule has 0 saturated carbocycles. The fraction of sp³-hybridized carbons (Fsp3) is 0.278. The third kappa shape index (κ3) is 3.19. The molecule has 1 aliphatic rings. The van der Waals surface area contributed by atoms with E-state index < -0.39 is 11.9 Å². The van der Waals surface area contributed by atoms with Crippen molar-refractivity contribution in [3.05, 3.63) is 65.5 Å². The Morgan fingerprint density at radius 3 is 2.78 bits per heavy atom. The van der Waals surface area contributed by atoms with Gasteiger partial charge in [0.1, 0.15) is 11.6 Å². The number of hydrogen-bond donors (Lipinski definition) is 1. The van der Waals surface area contributed by atoms with Gasteiger partial charge in [0.15, 0.2) is 0 Å². The standard InChI is InChI=1S/C18H18FNO3/c1-23-16-7-3-4-12(9-16)17-10-15(21)11-20(17)18(22)13-5-2-6-14(19)8-13/h2-9,15,17,21H,10-11H2,1H3/t15-,17+/m1/s1. The molecule has 5 heteroatoms. The van der Waals surface area contributed by atoms with Crippen molar-refractivity contribution < 1.29 is 19.0 Å². The molecule has 0 aliphatic carbocycles. The summed E-state index contributed by atoms with van der Waals surface area (Å²) < 4.78 is 18.6. The number of carbonyl (C=O) groups excluding carboxylic acids is 1. The molecule has 1 N–H and O–H groups in total. The summed E-state index contributed by atoms with van der Waals surface area (Å²) in [6, 6.07) is 12.8.